The highest BCUT2D eigenvalue weighted by Crippen LogP contribution is 2.38. The van der Waals surface area contributed by atoms with Gasteiger partial charge in [-0.1, -0.05) is 0 Å². The molecule has 4 rings (SSSR count). The number of carboxylic acid groups (broad SMARTS) is 1. The molecule has 0 spiro atoms. The minimum Gasteiger partial charge on any atom is -0.481 e. The topological polar surface area (TPSA) is 70.8 Å². The van der Waals surface area contributed by atoms with E-state index in [2.05, 4.69) is 9.84 Å². The number of halogens is 10. The monoisotopic (exact) mass is 716 g/mol. The Morgan fingerprint density at radius 2 is 1.50 bits per heavy atom. The maximum atomic E-state index is 13.6. The number of carbonyl (C=O) groups is 1. The Balaban J connectivity index is 0.00000625. The lowest BCUT2D eigenvalue weighted by Crippen LogP contribution is -2.34. The van der Waals surface area contributed by atoms with Crippen molar-refractivity contribution in [2.24, 2.45) is 18.9 Å². The molecule has 1 heterocycles. The van der Waals surface area contributed by atoms with Gasteiger partial charge in [-0.25, -0.2) is 0 Å². The predicted molar refractivity (Wildman–Crippen MR) is 161 cm³/mol. The van der Waals surface area contributed by atoms with Crippen LogP contribution < -0.4 is 14.5 Å². The molecular weight excluding hydrogens is 683 g/mol. The Hall–Kier alpha value is -3.82. The minimum atomic E-state index is -5.08. The zero-order chi connectivity index (χ0) is 34.7. The molecule has 7 nitrogen and oxygen atoms in total. The van der Waals surface area contributed by atoms with Gasteiger partial charge in [-0.3, -0.25) is 9.48 Å². The van der Waals surface area contributed by atoms with Crippen LogP contribution in [0.25, 0.3) is 0 Å². The van der Waals surface area contributed by atoms with Gasteiger partial charge >= 0.3 is 24.7 Å². The van der Waals surface area contributed by atoms with Crippen LogP contribution in [0.1, 0.15) is 54.9 Å². The number of nitrogens with zero attached hydrogens (tertiary/aromatic N) is 4. The summed E-state index contributed by atoms with van der Waals surface area (Å²) in [5.74, 6) is -1.63. The number of carboxylic acids is 1. The van der Waals surface area contributed by atoms with Crippen molar-refractivity contribution in [3.63, 3.8) is 0 Å². The predicted octanol–water partition coefficient (Wildman–Crippen LogP) is 8.70. The second kappa shape index (κ2) is 15.2. The largest absolute Gasteiger partial charge is 0.573 e. The van der Waals surface area contributed by atoms with Crippen molar-refractivity contribution in [1.82, 2.24) is 9.78 Å². The molecule has 0 unspecified atom stereocenters. The van der Waals surface area contributed by atoms with E-state index < -0.39 is 54.0 Å². The van der Waals surface area contributed by atoms with E-state index in [-0.39, 0.29) is 47.9 Å². The van der Waals surface area contributed by atoms with E-state index in [1.54, 1.807) is 7.05 Å². The van der Waals surface area contributed by atoms with Crippen molar-refractivity contribution < 1.29 is 54.2 Å². The van der Waals surface area contributed by atoms with Gasteiger partial charge in [-0.2, -0.15) is 31.4 Å². The second-order valence-electron chi connectivity index (χ2n) is 11.6. The van der Waals surface area contributed by atoms with Gasteiger partial charge in [0.25, 0.3) is 0 Å². The van der Waals surface area contributed by atoms with Crippen molar-refractivity contribution in [3.05, 3.63) is 70.9 Å². The Labute approximate surface area is 276 Å². The van der Waals surface area contributed by atoms with Crippen LogP contribution in [0.5, 0.6) is 5.75 Å². The van der Waals surface area contributed by atoms with E-state index in [4.69, 9.17) is 0 Å². The highest BCUT2D eigenvalue weighted by molar-refractivity contribution is 5.85. The molecule has 266 valence electrons. The number of aromatic nitrogens is 2. The molecule has 0 aliphatic heterocycles. The lowest BCUT2D eigenvalue weighted by Gasteiger charge is -2.34. The summed E-state index contributed by atoms with van der Waals surface area (Å²) in [6.45, 7) is 1.91. The summed E-state index contributed by atoms with van der Waals surface area (Å²) in [6.07, 6.45) is -11.5. The first kappa shape index (κ1) is 38.6. The molecule has 17 heteroatoms. The van der Waals surface area contributed by atoms with Crippen LogP contribution in [0.15, 0.2) is 48.7 Å². The van der Waals surface area contributed by atoms with Crippen LogP contribution in [0.4, 0.5) is 51.0 Å². The third-order valence-electron chi connectivity index (χ3n) is 8.09. The molecule has 0 amide bonds. The molecule has 1 N–H and O–H groups in total. The zero-order valence-corrected chi connectivity index (χ0v) is 26.6. The van der Waals surface area contributed by atoms with Crippen molar-refractivity contribution in [3.8, 4) is 5.75 Å². The fraction of sp³-hybridized carbons (Fsp3) is 0.484. The maximum absolute atomic E-state index is 13.6. The molecular formula is C31H34ClF9N4O3. The number of hydrogen-bond acceptors (Lipinski definition) is 5. The fourth-order valence-corrected chi connectivity index (χ4v) is 5.82. The minimum absolute atomic E-state index is 0. The van der Waals surface area contributed by atoms with Gasteiger partial charge in [0.1, 0.15) is 5.75 Å². The Morgan fingerprint density at radius 1 is 0.896 bits per heavy atom. The Bertz CT molecular complexity index is 1500. The standard InChI is InChI=1S/C31H33F9N4O3.ClH/c1-3-43(16-19-4-6-21(7-5-19)28(45)46)26-9-8-25(47-31(38,39)40)14-22(26)18-44(27-10-11-42(2)41-27)17-20-12-23(29(32,33)34)15-24(13-20)30(35,36)37;/h8-15,19,21H,3-7,16-18H2,1-2H3,(H,45,46);1H/t19-,21-;. The van der Waals surface area contributed by atoms with Crippen molar-refractivity contribution in [1.29, 1.82) is 0 Å². The van der Waals surface area contributed by atoms with E-state index in [0.29, 0.717) is 56.6 Å². The normalized spacial score (nSPS) is 17.1. The number of alkyl halides is 9. The maximum Gasteiger partial charge on any atom is 0.573 e. The molecule has 1 aromatic heterocycles. The zero-order valence-electron chi connectivity index (χ0n) is 25.8. The first-order chi connectivity index (χ1) is 21.8. The molecule has 1 saturated carbocycles. The van der Waals surface area contributed by atoms with Gasteiger partial charge < -0.3 is 19.6 Å². The van der Waals surface area contributed by atoms with E-state index in [1.807, 2.05) is 11.8 Å². The first-order valence-corrected chi connectivity index (χ1v) is 14.7. The highest BCUT2D eigenvalue weighted by Gasteiger charge is 2.37. The number of benzene rings is 2. The van der Waals surface area contributed by atoms with Crippen LogP contribution in [0, 0.1) is 11.8 Å². The molecule has 0 radical (unpaired) electrons. The third kappa shape index (κ3) is 10.3. The van der Waals surface area contributed by atoms with Crippen LogP contribution in [0.3, 0.4) is 0 Å². The van der Waals surface area contributed by atoms with Gasteiger partial charge in [0.05, 0.1) is 17.0 Å². The molecule has 0 atom stereocenters. The van der Waals surface area contributed by atoms with E-state index >= 15 is 0 Å². The summed E-state index contributed by atoms with van der Waals surface area (Å²) >= 11 is 0. The number of aliphatic carboxylic acids is 1. The molecule has 0 bridgehead atoms. The van der Waals surface area contributed by atoms with Crippen LogP contribution >= 0.6 is 12.4 Å². The van der Waals surface area contributed by atoms with Gasteiger partial charge in [0, 0.05) is 51.2 Å². The molecule has 1 aliphatic rings. The summed E-state index contributed by atoms with van der Waals surface area (Å²) in [6, 6.07) is 6.38. The Kier molecular flexibility index (Phi) is 12.2. The van der Waals surface area contributed by atoms with Gasteiger partial charge in [0.2, 0.25) is 0 Å². The number of hydrogen-bond donors (Lipinski definition) is 1. The number of anilines is 2. The highest BCUT2D eigenvalue weighted by atomic mass is 35.5. The Morgan fingerprint density at radius 3 is 1.98 bits per heavy atom. The molecule has 0 saturated heterocycles. The van der Waals surface area contributed by atoms with E-state index in [0.717, 1.165) is 12.1 Å². The smallest absolute Gasteiger partial charge is 0.481 e. The van der Waals surface area contributed by atoms with Gasteiger partial charge in [-0.15, -0.1) is 25.6 Å². The van der Waals surface area contributed by atoms with E-state index in [9.17, 15) is 49.4 Å². The number of aryl methyl sites for hydroxylation is 1. The third-order valence-corrected chi connectivity index (χ3v) is 8.09. The van der Waals surface area contributed by atoms with Gasteiger partial charge in [-0.05, 0) is 86.1 Å². The second-order valence-corrected chi connectivity index (χ2v) is 11.6. The van der Waals surface area contributed by atoms with E-state index in [1.165, 1.54) is 27.9 Å². The molecule has 2 aromatic carbocycles. The molecule has 1 aliphatic carbocycles. The number of rotatable bonds is 11. The van der Waals surface area contributed by atoms with Gasteiger partial charge in [0.15, 0.2) is 5.82 Å². The summed E-state index contributed by atoms with van der Waals surface area (Å²) in [5, 5.41) is 13.6. The quantitative estimate of drug-likeness (QED) is 0.200. The summed E-state index contributed by atoms with van der Waals surface area (Å²) in [5.41, 5.74) is -2.62. The molecule has 1 fully saturated rings. The van der Waals surface area contributed by atoms with Crippen molar-refractivity contribution in [2.45, 2.75) is 64.4 Å². The summed E-state index contributed by atoms with van der Waals surface area (Å²) in [4.78, 5) is 14.7. The van der Waals surface area contributed by atoms with Crippen LogP contribution in [-0.4, -0.2) is 40.3 Å². The molecule has 3 aromatic rings. The fourth-order valence-electron chi connectivity index (χ4n) is 5.82. The lowest BCUT2D eigenvalue weighted by molar-refractivity contribution is -0.274. The summed E-state index contributed by atoms with van der Waals surface area (Å²) < 4.78 is 127. The number of ether oxygens (including phenoxy) is 1. The van der Waals surface area contributed by atoms with Crippen molar-refractivity contribution >= 4 is 29.9 Å². The SMILES string of the molecule is CCN(C[C@H]1CC[C@H](C(=O)O)CC1)c1ccc(OC(F)(F)F)cc1CN(Cc1cc(C(F)(F)F)cc(C(F)(F)F)c1)c1ccn(C)n1.Cl. The average molecular weight is 717 g/mol. The van der Waals surface area contributed by atoms with Crippen LogP contribution in [0.2, 0.25) is 0 Å². The summed E-state index contributed by atoms with van der Waals surface area (Å²) in [7, 11) is 1.55. The lowest BCUT2D eigenvalue weighted by atomic mass is 9.81. The van der Waals surface area contributed by atoms with Crippen LogP contribution in [-0.2, 0) is 37.3 Å². The van der Waals surface area contributed by atoms with Crippen molar-refractivity contribution in [2.75, 3.05) is 22.9 Å². The molecule has 48 heavy (non-hydrogen) atoms. The average Bonchev–Trinajstić information content (AvgIpc) is 3.40. The first-order valence-electron chi connectivity index (χ1n) is 14.7.